The summed E-state index contributed by atoms with van der Waals surface area (Å²) in [6.07, 6.45) is 6.09. The number of rotatable bonds is 3. The molecule has 0 saturated heterocycles. The van der Waals surface area contributed by atoms with Gasteiger partial charge in [0.25, 0.3) is 5.91 Å². The number of nitrogens with two attached hydrogens (primary N) is 2. The molecule has 130 valence electrons. The van der Waals surface area contributed by atoms with Crippen LogP contribution in [-0.2, 0) is 0 Å². The Kier molecular flexibility index (Phi) is 3.50. The van der Waals surface area contributed by atoms with Gasteiger partial charge in [-0.25, -0.2) is 9.97 Å². The maximum absolute atomic E-state index is 12.0. The van der Waals surface area contributed by atoms with Gasteiger partial charge in [-0.05, 0) is 25.3 Å². The van der Waals surface area contributed by atoms with Crippen LogP contribution in [0.1, 0.15) is 48.2 Å². The molecule has 0 bridgehead atoms. The highest BCUT2D eigenvalue weighted by Crippen LogP contribution is 2.42. The van der Waals surface area contributed by atoms with Gasteiger partial charge in [0.15, 0.2) is 5.65 Å². The minimum Gasteiger partial charge on any atom is -0.507 e. The van der Waals surface area contributed by atoms with Crippen LogP contribution in [0.15, 0.2) is 23.1 Å². The number of hydrogen-bond acceptors (Lipinski definition) is 5. The Morgan fingerprint density at radius 1 is 1.44 bits per heavy atom. The molecular weight excluding hydrogens is 342 g/mol. The number of halogens is 1. The van der Waals surface area contributed by atoms with Gasteiger partial charge in [-0.1, -0.05) is 18.5 Å². The van der Waals surface area contributed by atoms with Crippen LogP contribution in [0, 0.1) is 5.92 Å². The lowest BCUT2D eigenvalue weighted by Gasteiger charge is -2.23. The second kappa shape index (κ2) is 5.49. The Morgan fingerprint density at radius 3 is 2.80 bits per heavy atom. The molecular formula is C17H18ClN5O2. The molecule has 1 amide bonds. The van der Waals surface area contributed by atoms with E-state index >= 15 is 0 Å². The van der Waals surface area contributed by atoms with E-state index in [0.717, 1.165) is 18.5 Å². The third-order valence-corrected chi connectivity index (χ3v) is 5.17. The number of fused-ring (bicyclic) bond motifs is 1. The molecule has 5 N–H and O–H groups in total. The fourth-order valence-electron chi connectivity index (χ4n) is 3.29. The van der Waals surface area contributed by atoms with Gasteiger partial charge < -0.3 is 16.6 Å². The highest BCUT2D eigenvalue weighted by molar-refractivity contribution is 6.34. The number of aliphatic hydroxyl groups excluding tert-OH is 1. The van der Waals surface area contributed by atoms with Crippen molar-refractivity contribution in [1.82, 2.24) is 14.5 Å². The number of aliphatic hydroxyl groups is 1. The summed E-state index contributed by atoms with van der Waals surface area (Å²) in [5, 5.41) is 10.2. The number of aromatic nitrogens is 3. The number of allylic oxidation sites excluding steroid dienone is 3. The summed E-state index contributed by atoms with van der Waals surface area (Å²) in [6.45, 7) is 1.96. The van der Waals surface area contributed by atoms with E-state index in [9.17, 15) is 9.90 Å². The molecule has 2 aliphatic carbocycles. The second-order valence-electron chi connectivity index (χ2n) is 6.63. The molecule has 2 aromatic heterocycles. The van der Waals surface area contributed by atoms with E-state index < -0.39 is 5.91 Å². The molecule has 1 atom stereocenters. The number of amides is 1. The maximum Gasteiger partial charge on any atom is 0.254 e. The van der Waals surface area contributed by atoms with Gasteiger partial charge in [-0.3, -0.25) is 9.36 Å². The van der Waals surface area contributed by atoms with Gasteiger partial charge in [-0.15, -0.1) is 0 Å². The molecule has 0 aliphatic heterocycles. The van der Waals surface area contributed by atoms with Gasteiger partial charge in [0.1, 0.15) is 27.7 Å². The van der Waals surface area contributed by atoms with Crippen molar-refractivity contribution in [2.75, 3.05) is 5.73 Å². The number of hydrogen-bond donors (Lipinski definition) is 3. The van der Waals surface area contributed by atoms with Crippen LogP contribution < -0.4 is 11.5 Å². The van der Waals surface area contributed by atoms with Crippen molar-refractivity contribution < 1.29 is 9.90 Å². The first-order valence-electron chi connectivity index (χ1n) is 8.16. The predicted molar refractivity (Wildman–Crippen MR) is 96.0 cm³/mol. The summed E-state index contributed by atoms with van der Waals surface area (Å²) in [5.74, 6) is -0.176. The molecule has 0 radical (unpaired) electrons. The normalized spacial score (nSPS) is 20.9. The fraction of sp³-hybridized carbons (Fsp3) is 0.353. The molecule has 0 spiro atoms. The first kappa shape index (κ1) is 16.0. The van der Waals surface area contributed by atoms with Crippen molar-refractivity contribution in [3.05, 3.63) is 34.3 Å². The largest absolute Gasteiger partial charge is 0.507 e. The van der Waals surface area contributed by atoms with Crippen molar-refractivity contribution in [2.45, 2.75) is 32.1 Å². The Bertz CT molecular complexity index is 971. The highest BCUT2D eigenvalue weighted by Gasteiger charge is 2.31. The molecule has 2 aliphatic rings. The maximum atomic E-state index is 12.0. The molecule has 0 aromatic carbocycles. The van der Waals surface area contributed by atoms with E-state index in [1.54, 1.807) is 16.8 Å². The molecule has 8 heteroatoms. The summed E-state index contributed by atoms with van der Waals surface area (Å²) in [6, 6.07) is 0. The van der Waals surface area contributed by atoms with E-state index in [1.165, 1.54) is 0 Å². The molecule has 25 heavy (non-hydrogen) atoms. The Balaban J connectivity index is 2.04. The number of nitrogen functional groups attached to an aromatic ring is 1. The summed E-state index contributed by atoms with van der Waals surface area (Å²) in [7, 11) is 0. The van der Waals surface area contributed by atoms with Crippen LogP contribution in [0.5, 0.6) is 0 Å². The van der Waals surface area contributed by atoms with Crippen LogP contribution in [0.3, 0.4) is 0 Å². The number of carbonyl (C=O) groups is 1. The minimum absolute atomic E-state index is 0.0146. The highest BCUT2D eigenvalue weighted by atomic mass is 35.5. The fourth-order valence-corrected chi connectivity index (χ4v) is 3.64. The summed E-state index contributed by atoms with van der Waals surface area (Å²) in [4.78, 5) is 21.1. The predicted octanol–water partition coefficient (Wildman–Crippen LogP) is 2.88. The van der Waals surface area contributed by atoms with Crippen molar-refractivity contribution in [1.29, 1.82) is 0 Å². The molecule has 1 unspecified atom stereocenters. The summed E-state index contributed by atoms with van der Waals surface area (Å²) in [5.41, 5.74) is 14.2. The van der Waals surface area contributed by atoms with Crippen molar-refractivity contribution in [3.63, 3.8) is 0 Å². The Morgan fingerprint density at radius 2 is 2.16 bits per heavy atom. The van der Waals surface area contributed by atoms with Gasteiger partial charge in [0, 0.05) is 11.8 Å². The van der Waals surface area contributed by atoms with Gasteiger partial charge >= 0.3 is 0 Å². The second-order valence-corrected chi connectivity index (χ2v) is 7.00. The lowest BCUT2D eigenvalue weighted by Crippen LogP contribution is -2.17. The number of nitrogens with zero attached hydrogens (tertiary/aromatic N) is 3. The van der Waals surface area contributed by atoms with Crippen LogP contribution in [-0.4, -0.2) is 25.5 Å². The van der Waals surface area contributed by atoms with E-state index in [0.29, 0.717) is 29.2 Å². The van der Waals surface area contributed by atoms with Crippen LogP contribution in [0.25, 0.3) is 16.9 Å². The van der Waals surface area contributed by atoms with Gasteiger partial charge in [-0.2, -0.15) is 0 Å². The van der Waals surface area contributed by atoms with Crippen molar-refractivity contribution in [2.24, 2.45) is 11.7 Å². The zero-order valence-electron chi connectivity index (χ0n) is 13.7. The van der Waals surface area contributed by atoms with Gasteiger partial charge in [0.05, 0.1) is 17.6 Å². The first-order chi connectivity index (χ1) is 11.9. The quantitative estimate of drug-likeness (QED) is 0.778. The van der Waals surface area contributed by atoms with E-state index in [2.05, 4.69) is 9.97 Å². The van der Waals surface area contributed by atoms with Crippen LogP contribution >= 0.6 is 11.6 Å². The SMILES string of the molecule is CC1CC=C(O)C(Cl)=C1n1c(N)c(C(N)=O)c2nc(C3CC3)cnc21. The Hall–Kier alpha value is -2.54. The topological polar surface area (TPSA) is 120 Å². The third-order valence-electron chi connectivity index (χ3n) is 4.78. The average molecular weight is 360 g/mol. The Labute approximate surface area is 149 Å². The monoisotopic (exact) mass is 359 g/mol. The summed E-state index contributed by atoms with van der Waals surface area (Å²) < 4.78 is 1.59. The molecule has 2 heterocycles. The standard InChI is InChI=1S/C17H18ClN5O2/c1-7-2-5-10(24)12(18)14(7)23-15(19)11(16(20)25)13-17(23)21-6-9(22-13)8-3-4-8/h5-8,24H,2-4,19H2,1H3,(H2,20,25). The van der Waals surface area contributed by atoms with Crippen molar-refractivity contribution >= 4 is 40.2 Å². The zero-order chi connectivity index (χ0) is 17.9. The minimum atomic E-state index is -0.663. The molecule has 1 saturated carbocycles. The number of anilines is 1. The first-order valence-corrected chi connectivity index (χ1v) is 8.54. The van der Waals surface area contributed by atoms with E-state index in [1.807, 2.05) is 6.92 Å². The smallest absolute Gasteiger partial charge is 0.254 e. The molecule has 4 rings (SSSR count). The summed E-state index contributed by atoms with van der Waals surface area (Å²) >= 11 is 6.34. The van der Waals surface area contributed by atoms with Crippen LogP contribution in [0.2, 0.25) is 0 Å². The zero-order valence-corrected chi connectivity index (χ0v) is 14.4. The van der Waals surface area contributed by atoms with Gasteiger partial charge in [0.2, 0.25) is 0 Å². The molecule has 7 nitrogen and oxygen atoms in total. The lowest BCUT2D eigenvalue weighted by molar-refractivity contribution is 0.100. The van der Waals surface area contributed by atoms with E-state index in [-0.39, 0.29) is 28.1 Å². The molecule has 2 aromatic rings. The average Bonchev–Trinajstić information content (AvgIpc) is 3.36. The third kappa shape index (κ3) is 2.38. The molecule has 1 fully saturated rings. The number of carbonyl (C=O) groups excluding carboxylic acids is 1. The number of primary amides is 1. The van der Waals surface area contributed by atoms with Crippen molar-refractivity contribution in [3.8, 4) is 0 Å². The lowest BCUT2D eigenvalue weighted by atomic mass is 9.97. The van der Waals surface area contributed by atoms with Crippen LogP contribution in [0.4, 0.5) is 5.82 Å². The van der Waals surface area contributed by atoms with E-state index in [4.69, 9.17) is 23.1 Å².